The van der Waals surface area contributed by atoms with E-state index in [9.17, 15) is 14.4 Å². The van der Waals surface area contributed by atoms with E-state index < -0.39 is 18.0 Å². The minimum Gasteiger partial charge on any atom is -0.478 e. The van der Waals surface area contributed by atoms with Gasteiger partial charge in [0.05, 0.1) is 5.56 Å². The average molecular weight is 293 g/mol. The first-order valence-corrected chi connectivity index (χ1v) is 6.39. The van der Waals surface area contributed by atoms with E-state index in [0.717, 1.165) is 0 Å². The van der Waals surface area contributed by atoms with Crippen molar-refractivity contribution < 1.29 is 19.5 Å². The fourth-order valence-corrected chi connectivity index (χ4v) is 1.69. The smallest absolute Gasteiger partial charge is 0.335 e. The van der Waals surface area contributed by atoms with Gasteiger partial charge in [-0.15, -0.1) is 0 Å². The molecule has 3 N–H and O–H groups in total. The molecule has 1 aromatic rings. The number of benzene rings is 1. The van der Waals surface area contributed by atoms with Gasteiger partial charge in [-0.2, -0.15) is 0 Å². The zero-order valence-corrected chi connectivity index (χ0v) is 12.2. The molecule has 0 saturated carbocycles. The van der Waals surface area contributed by atoms with Crippen molar-refractivity contribution in [1.82, 2.24) is 15.5 Å². The lowest BCUT2D eigenvalue weighted by Crippen LogP contribution is -2.47. The maximum absolute atomic E-state index is 11.7. The van der Waals surface area contributed by atoms with Crippen LogP contribution in [0.25, 0.3) is 0 Å². The Kier molecular flexibility index (Phi) is 5.71. The van der Waals surface area contributed by atoms with Gasteiger partial charge in [0.2, 0.25) is 5.91 Å². The first kappa shape index (κ1) is 16.5. The Morgan fingerprint density at radius 3 is 2.52 bits per heavy atom. The molecular formula is C14H19N3O4. The number of nitrogens with zero attached hydrogens (tertiary/aromatic N) is 1. The van der Waals surface area contributed by atoms with E-state index in [1.54, 1.807) is 33.2 Å². The number of hydrogen-bond acceptors (Lipinski definition) is 3. The van der Waals surface area contributed by atoms with E-state index >= 15 is 0 Å². The zero-order chi connectivity index (χ0) is 16.0. The monoisotopic (exact) mass is 293 g/mol. The lowest BCUT2D eigenvalue weighted by Gasteiger charge is -2.18. The molecule has 0 aliphatic carbocycles. The fourth-order valence-electron chi connectivity index (χ4n) is 1.69. The lowest BCUT2D eigenvalue weighted by molar-refractivity contribution is -0.130. The fraction of sp³-hybridized carbons (Fsp3) is 0.357. The molecule has 1 rings (SSSR count). The van der Waals surface area contributed by atoms with E-state index in [2.05, 4.69) is 10.6 Å². The van der Waals surface area contributed by atoms with Crippen LogP contribution >= 0.6 is 0 Å². The van der Waals surface area contributed by atoms with E-state index in [1.807, 2.05) is 0 Å². The van der Waals surface area contributed by atoms with Crippen LogP contribution in [0.1, 0.15) is 22.8 Å². The Labute approximate surface area is 122 Å². The summed E-state index contributed by atoms with van der Waals surface area (Å²) in [6.07, 6.45) is 0. The quantitative estimate of drug-likeness (QED) is 0.742. The summed E-state index contributed by atoms with van der Waals surface area (Å²) < 4.78 is 0. The highest BCUT2D eigenvalue weighted by Crippen LogP contribution is 2.05. The van der Waals surface area contributed by atoms with Gasteiger partial charge in [-0.1, -0.05) is 12.1 Å². The van der Waals surface area contributed by atoms with Gasteiger partial charge in [0.15, 0.2) is 0 Å². The van der Waals surface area contributed by atoms with Crippen molar-refractivity contribution in [2.75, 3.05) is 14.1 Å². The third-order valence-electron chi connectivity index (χ3n) is 2.79. The van der Waals surface area contributed by atoms with Gasteiger partial charge in [0.1, 0.15) is 6.04 Å². The van der Waals surface area contributed by atoms with Gasteiger partial charge in [-0.3, -0.25) is 4.79 Å². The molecule has 1 unspecified atom stereocenters. The number of likely N-dealkylation sites (N-methyl/N-ethyl adjacent to an activating group) is 1. The highest BCUT2D eigenvalue weighted by molar-refractivity contribution is 5.88. The largest absolute Gasteiger partial charge is 0.478 e. The molecule has 0 aliphatic rings. The number of hydrogen-bond donors (Lipinski definition) is 3. The van der Waals surface area contributed by atoms with Crippen LogP contribution in [0, 0.1) is 0 Å². The Balaban J connectivity index is 2.52. The molecule has 3 amide bonds. The van der Waals surface area contributed by atoms with Crippen molar-refractivity contribution in [3.05, 3.63) is 35.4 Å². The first-order valence-electron chi connectivity index (χ1n) is 6.39. The van der Waals surface area contributed by atoms with Gasteiger partial charge < -0.3 is 20.6 Å². The molecule has 0 bridgehead atoms. The van der Waals surface area contributed by atoms with Crippen LogP contribution in [0.5, 0.6) is 0 Å². The van der Waals surface area contributed by atoms with Crippen LogP contribution in [0.2, 0.25) is 0 Å². The number of nitrogens with one attached hydrogen (secondary N) is 2. The molecule has 0 saturated heterocycles. The summed E-state index contributed by atoms with van der Waals surface area (Å²) >= 11 is 0. The summed E-state index contributed by atoms with van der Waals surface area (Å²) in [7, 11) is 3.21. The Hall–Kier alpha value is -2.57. The minimum absolute atomic E-state index is 0.158. The van der Waals surface area contributed by atoms with E-state index in [0.29, 0.717) is 5.56 Å². The van der Waals surface area contributed by atoms with Crippen molar-refractivity contribution in [2.24, 2.45) is 0 Å². The van der Waals surface area contributed by atoms with Crippen molar-refractivity contribution in [1.29, 1.82) is 0 Å². The maximum atomic E-state index is 11.7. The number of carboxylic acids is 1. The summed E-state index contributed by atoms with van der Waals surface area (Å²) in [5.41, 5.74) is 0.822. The third-order valence-corrected chi connectivity index (χ3v) is 2.79. The van der Waals surface area contributed by atoms with Crippen LogP contribution in [0.15, 0.2) is 24.3 Å². The summed E-state index contributed by atoms with van der Waals surface area (Å²) in [5, 5.41) is 14.0. The summed E-state index contributed by atoms with van der Waals surface area (Å²) in [4.78, 5) is 35.5. The normalized spacial score (nSPS) is 11.4. The minimum atomic E-state index is -1.02. The van der Waals surface area contributed by atoms with Gasteiger partial charge in [0, 0.05) is 20.6 Å². The van der Waals surface area contributed by atoms with Gasteiger partial charge >= 0.3 is 12.0 Å². The number of rotatable bonds is 5. The highest BCUT2D eigenvalue weighted by atomic mass is 16.4. The molecule has 0 heterocycles. The molecule has 0 aliphatic heterocycles. The summed E-state index contributed by atoms with van der Waals surface area (Å²) in [5.74, 6) is -1.23. The lowest BCUT2D eigenvalue weighted by atomic mass is 10.1. The SMILES string of the molecule is CC(NC(=O)NCc1cccc(C(=O)O)c1)C(=O)N(C)C. The second-order valence-corrected chi connectivity index (χ2v) is 4.79. The first-order chi connectivity index (χ1) is 9.81. The number of carbonyl (C=O) groups excluding carboxylic acids is 2. The molecular weight excluding hydrogens is 274 g/mol. The molecule has 7 heteroatoms. The van der Waals surface area contributed by atoms with E-state index in [1.165, 1.54) is 17.0 Å². The standard InChI is InChI=1S/C14H19N3O4/c1-9(12(18)17(2)3)16-14(21)15-8-10-5-4-6-11(7-10)13(19)20/h4-7,9H,8H2,1-3H3,(H,19,20)(H2,15,16,21). The van der Waals surface area contributed by atoms with Crippen LogP contribution in [-0.2, 0) is 11.3 Å². The van der Waals surface area contributed by atoms with Crippen molar-refractivity contribution in [2.45, 2.75) is 19.5 Å². The van der Waals surface area contributed by atoms with Crippen molar-refractivity contribution in [3.8, 4) is 0 Å². The molecule has 0 spiro atoms. The van der Waals surface area contributed by atoms with Crippen molar-refractivity contribution >= 4 is 17.9 Å². The number of urea groups is 1. The molecule has 21 heavy (non-hydrogen) atoms. The highest BCUT2D eigenvalue weighted by Gasteiger charge is 2.16. The number of amides is 3. The predicted molar refractivity (Wildman–Crippen MR) is 76.9 cm³/mol. The van der Waals surface area contributed by atoms with Gasteiger partial charge in [-0.05, 0) is 24.6 Å². The number of aromatic carboxylic acids is 1. The molecule has 7 nitrogen and oxygen atoms in total. The molecule has 114 valence electrons. The summed E-state index contributed by atoms with van der Waals surface area (Å²) in [6, 6.07) is 5.15. The van der Waals surface area contributed by atoms with Crippen LogP contribution in [-0.4, -0.2) is 48.1 Å². The van der Waals surface area contributed by atoms with Crippen LogP contribution in [0.4, 0.5) is 4.79 Å². The zero-order valence-electron chi connectivity index (χ0n) is 12.2. The second kappa shape index (κ2) is 7.28. The molecule has 1 aromatic carbocycles. The second-order valence-electron chi connectivity index (χ2n) is 4.79. The van der Waals surface area contributed by atoms with E-state index in [-0.39, 0.29) is 18.0 Å². The Morgan fingerprint density at radius 2 is 1.95 bits per heavy atom. The van der Waals surface area contributed by atoms with Crippen LogP contribution in [0.3, 0.4) is 0 Å². The van der Waals surface area contributed by atoms with Gasteiger partial charge in [0.25, 0.3) is 0 Å². The van der Waals surface area contributed by atoms with Crippen molar-refractivity contribution in [3.63, 3.8) is 0 Å². The van der Waals surface area contributed by atoms with Gasteiger partial charge in [-0.25, -0.2) is 9.59 Å². The van der Waals surface area contributed by atoms with Crippen LogP contribution < -0.4 is 10.6 Å². The Morgan fingerprint density at radius 1 is 1.29 bits per heavy atom. The predicted octanol–water partition coefficient (Wildman–Crippen LogP) is 0.661. The summed E-state index contributed by atoms with van der Waals surface area (Å²) in [6.45, 7) is 1.77. The van der Waals surface area contributed by atoms with E-state index in [4.69, 9.17) is 5.11 Å². The number of carbonyl (C=O) groups is 3. The Bertz CT molecular complexity index is 543. The topological polar surface area (TPSA) is 98.7 Å². The molecule has 1 atom stereocenters. The molecule has 0 radical (unpaired) electrons. The molecule has 0 fully saturated rings. The third kappa shape index (κ3) is 5.13. The average Bonchev–Trinajstić information content (AvgIpc) is 2.44. The number of carboxylic acid groups (broad SMARTS) is 1. The maximum Gasteiger partial charge on any atom is 0.335 e. The molecule has 0 aromatic heterocycles.